The van der Waals surface area contributed by atoms with Gasteiger partial charge in [0.15, 0.2) is 0 Å². The van der Waals surface area contributed by atoms with Crippen LogP contribution in [-0.2, 0) is 11.3 Å². The number of pyridine rings is 1. The number of nitrogens with two attached hydrogens (primary N) is 1. The van der Waals surface area contributed by atoms with Gasteiger partial charge in [0.25, 0.3) is 0 Å². The highest BCUT2D eigenvalue weighted by atomic mass is 16.5. The van der Waals surface area contributed by atoms with Crippen LogP contribution < -0.4 is 10.5 Å². The third-order valence-electron chi connectivity index (χ3n) is 3.36. The van der Waals surface area contributed by atoms with Crippen LogP contribution in [-0.4, -0.2) is 11.0 Å². The highest BCUT2D eigenvalue weighted by Gasteiger charge is 2.13. The van der Waals surface area contributed by atoms with Gasteiger partial charge in [0.1, 0.15) is 29.5 Å². The second kappa shape index (κ2) is 7.28. The molecule has 2 aromatic carbocycles. The average molecular weight is 320 g/mol. The Bertz CT molecular complexity index is 835. The number of anilines is 1. The maximum Gasteiger partial charge on any atom is 0.342 e. The fourth-order valence-electron chi connectivity index (χ4n) is 2.15. The normalized spacial score (nSPS) is 10.2. The minimum Gasteiger partial charge on any atom is -0.457 e. The highest BCUT2D eigenvalue weighted by molar-refractivity contribution is 5.93. The van der Waals surface area contributed by atoms with Crippen molar-refractivity contribution >= 4 is 11.8 Å². The molecule has 1 aromatic heterocycles. The molecule has 5 nitrogen and oxygen atoms in total. The van der Waals surface area contributed by atoms with Crippen molar-refractivity contribution < 1.29 is 14.3 Å². The molecule has 2 N–H and O–H groups in total. The SMILES string of the molecule is Nc1ncccc1C(=O)OCc1ccccc1Oc1ccccc1. The molecule has 3 rings (SSSR count). The van der Waals surface area contributed by atoms with E-state index in [9.17, 15) is 4.79 Å². The number of hydrogen-bond acceptors (Lipinski definition) is 5. The summed E-state index contributed by atoms with van der Waals surface area (Å²) in [5.74, 6) is 0.981. The van der Waals surface area contributed by atoms with Gasteiger partial charge in [0.05, 0.1) is 0 Å². The van der Waals surface area contributed by atoms with Crippen molar-refractivity contribution in [2.24, 2.45) is 0 Å². The Kier molecular flexibility index (Phi) is 4.72. The second-order valence-corrected chi connectivity index (χ2v) is 5.04. The number of ether oxygens (including phenoxy) is 2. The first-order chi connectivity index (χ1) is 11.7. The number of hydrogen-bond donors (Lipinski definition) is 1. The number of esters is 1. The van der Waals surface area contributed by atoms with Gasteiger partial charge in [-0.3, -0.25) is 0 Å². The number of benzene rings is 2. The monoisotopic (exact) mass is 320 g/mol. The number of nitrogens with zero attached hydrogens (tertiary/aromatic N) is 1. The zero-order valence-electron chi connectivity index (χ0n) is 12.9. The molecule has 0 saturated carbocycles. The van der Waals surface area contributed by atoms with Crippen LogP contribution in [0.1, 0.15) is 15.9 Å². The lowest BCUT2D eigenvalue weighted by molar-refractivity contribution is 0.0471. The van der Waals surface area contributed by atoms with Gasteiger partial charge in [-0.05, 0) is 30.3 Å². The number of aromatic nitrogens is 1. The van der Waals surface area contributed by atoms with Crippen molar-refractivity contribution in [1.82, 2.24) is 4.98 Å². The molecule has 0 aliphatic heterocycles. The van der Waals surface area contributed by atoms with Gasteiger partial charge >= 0.3 is 5.97 Å². The fourth-order valence-corrected chi connectivity index (χ4v) is 2.15. The van der Waals surface area contributed by atoms with Crippen molar-refractivity contribution in [2.45, 2.75) is 6.61 Å². The molecule has 0 bridgehead atoms. The average Bonchev–Trinajstić information content (AvgIpc) is 2.62. The number of carbonyl (C=O) groups is 1. The van der Waals surface area contributed by atoms with E-state index in [1.807, 2.05) is 54.6 Å². The molecule has 0 fully saturated rings. The first-order valence-corrected chi connectivity index (χ1v) is 7.42. The summed E-state index contributed by atoms with van der Waals surface area (Å²) in [5, 5.41) is 0. The summed E-state index contributed by atoms with van der Waals surface area (Å²) in [6, 6.07) is 20.0. The van der Waals surface area contributed by atoms with Crippen LogP contribution in [0.3, 0.4) is 0 Å². The van der Waals surface area contributed by atoms with E-state index in [0.717, 1.165) is 5.56 Å². The first-order valence-electron chi connectivity index (χ1n) is 7.42. The summed E-state index contributed by atoms with van der Waals surface area (Å²) in [6.07, 6.45) is 1.52. The molecule has 24 heavy (non-hydrogen) atoms. The lowest BCUT2D eigenvalue weighted by Gasteiger charge is -2.12. The summed E-state index contributed by atoms with van der Waals surface area (Å²) in [7, 11) is 0. The molecular formula is C19H16N2O3. The molecule has 0 spiro atoms. The van der Waals surface area contributed by atoms with Crippen LogP contribution >= 0.6 is 0 Å². The number of carbonyl (C=O) groups excluding carboxylic acids is 1. The van der Waals surface area contributed by atoms with E-state index in [2.05, 4.69) is 4.98 Å². The van der Waals surface area contributed by atoms with Crippen molar-refractivity contribution in [3.63, 3.8) is 0 Å². The van der Waals surface area contributed by atoms with Crippen molar-refractivity contribution in [3.05, 3.63) is 84.1 Å². The van der Waals surface area contributed by atoms with Gasteiger partial charge in [0, 0.05) is 11.8 Å². The zero-order chi connectivity index (χ0) is 16.8. The minimum absolute atomic E-state index is 0.0795. The topological polar surface area (TPSA) is 74.4 Å². The first kappa shape index (κ1) is 15.6. The van der Waals surface area contributed by atoms with E-state index in [4.69, 9.17) is 15.2 Å². The van der Waals surface area contributed by atoms with E-state index in [1.165, 1.54) is 6.20 Å². The van der Waals surface area contributed by atoms with Gasteiger partial charge in [0.2, 0.25) is 0 Å². The Morgan fingerprint density at radius 1 is 0.958 bits per heavy atom. The lowest BCUT2D eigenvalue weighted by atomic mass is 10.2. The molecule has 3 aromatic rings. The number of nitrogen functional groups attached to an aromatic ring is 1. The predicted molar refractivity (Wildman–Crippen MR) is 90.7 cm³/mol. The Morgan fingerprint density at radius 3 is 2.50 bits per heavy atom. The summed E-state index contributed by atoms with van der Waals surface area (Å²) in [6.45, 7) is 0.0795. The van der Waals surface area contributed by atoms with Crippen LogP contribution in [0.2, 0.25) is 0 Å². The van der Waals surface area contributed by atoms with E-state index >= 15 is 0 Å². The third kappa shape index (κ3) is 3.70. The Balaban J connectivity index is 1.72. The smallest absolute Gasteiger partial charge is 0.342 e. The summed E-state index contributed by atoms with van der Waals surface area (Å²) in [5.41, 5.74) is 6.70. The van der Waals surface area contributed by atoms with Crippen LogP contribution in [0.25, 0.3) is 0 Å². The van der Waals surface area contributed by atoms with E-state index in [1.54, 1.807) is 12.1 Å². The lowest BCUT2D eigenvalue weighted by Crippen LogP contribution is -2.09. The van der Waals surface area contributed by atoms with Crippen molar-refractivity contribution in [1.29, 1.82) is 0 Å². The maximum absolute atomic E-state index is 12.1. The molecule has 1 heterocycles. The summed E-state index contributed by atoms with van der Waals surface area (Å²) in [4.78, 5) is 16.0. The van der Waals surface area contributed by atoms with E-state index < -0.39 is 5.97 Å². The van der Waals surface area contributed by atoms with Gasteiger partial charge in [-0.15, -0.1) is 0 Å². The molecule has 5 heteroatoms. The highest BCUT2D eigenvalue weighted by Crippen LogP contribution is 2.25. The van der Waals surface area contributed by atoms with Crippen LogP contribution in [0, 0.1) is 0 Å². The molecule has 120 valence electrons. The molecule has 0 radical (unpaired) electrons. The minimum atomic E-state index is -0.518. The van der Waals surface area contributed by atoms with Crippen LogP contribution in [0.5, 0.6) is 11.5 Å². The largest absolute Gasteiger partial charge is 0.457 e. The van der Waals surface area contributed by atoms with E-state index in [0.29, 0.717) is 11.5 Å². The van der Waals surface area contributed by atoms with Gasteiger partial charge in [-0.25, -0.2) is 9.78 Å². The predicted octanol–water partition coefficient (Wildman–Crippen LogP) is 3.81. The standard InChI is InChI=1S/C19H16N2O3/c20-18-16(10-6-12-21-18)19(22)23-13-14-7-4-5-11-17(14)24-15-8-2-1-3-9-15/h1-12H,13H2,(H2,20,21). The Labute approximate surface area is 139 Å². The Morgan fingerprint density at radius 2 is 1.71 bits per heavy atom. The molecule has 0 amide bonds. The maximum atomic E-state index is 12.1. The van der Waals surface area contributed by atoms with Crippen molar-refractivity contribution in [3.8, 4) is 11.5 Å². The van der Waals surface area contributed by atoms with Crippen molar-refractivity contribution in [2.75, 3.05) is 5.73 Å². The zero-order valence-corrected chi connectivity index (χ0v) is 12.9. The van der Waals surface area contributed by atoms with E-state index in [-0.39, 0.29) is 18.0 Å². The number of rotatable bonds is 5. The second-order valence-electron chi connectivity index (χ2n) is 5.04. The van der Waals surface area contributed by atoms with Gasteiger partial charge in [-0.2, -0.15) is 0 Å². The molecule has 0 saturated heterocycles. The molecule has 0 unspecified atom stereocenters. The summed E-state index contributed by atoms with van der Waals surface area (Å²) >= 11 is 0. The Hall–Kier alpha value is -3.34. The third-order valence-corrected chi connectivity index (χ3v) is 3.36. The summed E-state index contributed by atoms with van der Waals surface area (Å²) < 4.78 is 11.2. The molecule has 0 aliphatic carbocycles. The molecule has 0 atom stereocenters. The van der Waals surface area contributed by atoms with Crippen LogP contribution in [0.15, 0.2) is 72.9 Å². The van der Waals surface area contributed by atoms with Gasteiger partial charge in [-0.1, -0.05) is 36.4 Å². The quantitative estimate of drug-likeness (QED) is 0.723. The fraction of sp³-hybridized carbons (Fsp3) is 0.0526. The number of para-hydroxylation sites is 2. The molecular weight excluding hydrogens is 304 g/mol. The molecule has 0 aliphatic rings. The van der Waals surface area contributed by atoms with Gasteiger partial charge < -0.3 is 15.2 Å². The van der Waals surface area contributed by atoms with Crippen LogP contribution in [0.4, 0.5) is 5.82 Å².